The molecule has 1 N–H and O–H groups in total. The highest BCUT2D eigenvalue weighted by molar-refractivity contribution is 5.64. The summed E-state index contributed by atoms with van der Waals surface area (Å²) in [4.78, 5) is 10.7. The first-order chi connectivity index (χ1) is 6.72. The number of halogens is 1. The highest BCUT2D eigenvalue weighted by atomic mass is 19.1. The maximum atomic E-state index is 13.5. The minimum absolute atomic E-state index is 0.0622. The summed E-state index contributed by atoms with van der Waals surface area (Å²) in [7, 11) is 0. The van der Waals surface area contributed by atoms with Crippen LogP contribution in [0.5, 0.6) is 5.75 Å². The van der Waals surface area contributed by atoms with Crippen LogP contribution in [0, 0.1) is 5.82 Å². The predicted octanol–water partition coefficient (Wildman–Crippen LogP) is 2.15. The van der Waals surface area contributed by atoms with E-state index in [-0.39, 0.29) is 11.7 Å². The molecule has 0 saturated heterocycles. The monoisotopic (exact) mass is 194 g/mol. The number of aromatic hydroxyl groups is 1. The Morgan fingerprint density at radius 1 is 1.50 bits per heavy atom. The van der Waals surface area contributed by atoms with Gasteiger partial charge in [-0.2, -0.15) is 0 Å². The minimum Gasteiger partial charge on any atom is -0.508 e. The highest BCUT2D eigenvalue weighted by Crippen LogP contribution is 2.34. The Balaban J connectivity index is 2.56. The van der Waals surface area contributed by atoms with Gasteiger partial charge in [0.05, 0.1) is 0 Å². The number of aryl methyl sites for hydroxylation is 1. The van der Waals surface area contributed by atoms with E-state index < -0.39 is 5.82 Å². The lowest BCUT2D eigenvalue weighted by atomic mass is 9.83. The lowest BCUT2D eigenvalue weighted by Crippen LogP contribution is -2.12. The van der Waals surface area contributed by atoms with Gasteiger partial charge in [0.25, 0.3) is 0 Å². The van der Waals surface area contributed by atoms with Crippen LogP contribution in [-0.4, -0.2) is 11.4 Å². The van der Waals surface area contributed by atoms with Crippen molar-refractivity contribution in [3.8, 4) is 5.75 Å². The molecule has 0 aliphatic heterocycles. The Labute approximate surface area is 81.4 Å². The van der Waals surface area contributed by atoms with Gasteiger partial charge in [0, 0.05) is 17.5 Å². The second-order valence-electron chi connectivity index (χ2n) is 3.64. The topological polar surface area (TPSA) is 37.3 Å². The van der Waals surface area contributed by atoms with Crippen LogP contribution >= 0.6 is 0 Å². The van der Waals surface area contributed by atoms with Crippen LogP contribution in [0.2, 0.25) is 0 Å². The van der Waals surface area contributed by atoms with E-state index in [1.54, 1.807) is 6.07 Å². The van der Waals surface area contributed by atoms with E-state index in [9.17, 15) is 14.3 Å². The third-order valence-corrected chi connectivity index (χ3v) is 2.70. The molecule has 0 saturated carbocycles. The maximum absolute atomic E-state index is 13.5. The van der Waals surface area contributed by atoms with Crippen LogP contribution in [0.1, 0.15) is 29.9 Å². The van der Waals surface area contributed by atoms with Crippen LogP contribution in [0.4, 0.5) is 4.39 Å². The van der Waals surface area contributed by atoms with Gasteiger partial charge in [-0.25, -0.2) is 4.39 Å². The van der Waals surface area contributed by atoms with Crippen molar-refractivity contribution in [2.75, 3.05) is 0 Å². The van der Waals surface area contributed by atoms with Gasteiger partial charge < -0.3 is 9.90 Å². The molecule has 1 atom stereocenters. The summed E-state index contributed by atoms with van der Waals surface area (Å²) in [5, 5.41) is 9.20. The fraction of sp³-hybridized carbons (Fsp3) is 0.364. The van der Waals surface area contributed by atoms with E-state index in [4.69, 9.17) is 0 Å². The molecule has 0 fully saturated rings. The predicted molar refractivity (Wildman–Crippen MR) is 49.8 cm³/mol. The van der Waals surface area contributed by atoms with Crippen LogP contribution in [-0.2, 0) is 11.2 Å². The van der Waals surface area contributed by atoms with Crippen molar-refractivity contribution in [1.29, 1.82) is 0 Å². The lowest BCUT2D eigenvalue weighted by molar-refractivity contribution is -0.109. The molecule has 1 aliphatic rings. The van der Waals surface area contributed by atoms with Gasteiger partial charge in [0.15, 0.2) is 0 Å². The molecule has 0 radical (unpaired) electrons. The maximum Gasteiger partial charge on any atom is 0.131 e. The van der Waals surface area contributed by atoms with Crippen LogP contribution in [0.25, 0.3) is 0 Å². The number of rotatable bonds is 1. The SMILES string of the molecule is O=CC1CCCc2cc(O)cc(F)c21. The van der Waals surface area contributed by atoms with Gasteiger partial charge >= 0.3 is 0 Å². The smallest absolute Gasteiger partial charge is 0.131 e. The highest BCUT2D eigenvalue weighted by Gasteiger charge is 2.23. The quantitative estimate of drug-likeness (QED) is 0.695. The number of hydrogen-bond donors (Lipinski definition) is 1. The molecular formula is C11H11FO2. The minimum atomic E-state index is -0.461. The molecule has 1 unspecified atom stereocenters. The molecule has 0 bridgehead atoms. The molecule has 1 aromatic carbocycles. The van der Waals surface area contributed by atoms with Crippen LogP contribution in [0.15, 0.2) is 12.1 Å². The molecule has 3 heteroatoms. The van der Waals surface area contributed by atoms with E-state index in [2.05, 4.69) is 0 Å². The number of aldehydes is 1. The Bertz CT molecular complexity index is 374. The average molecular weight is 194 g/mol. The lowest BCUT2D eigenvalue weighted by Gasteiger charge is -2.21. The van der Waals surface area contributed by atoms with E-state index >= 15 is 0 Å². The fourth-order valence-corrected chi connectivity index (χ4v) is 2.07. The summed E-state index contributed by atoms with van der Waals surface area (Å²) in [6, 6.07) is 2.62. The van der Waals surface area contributed by atoms with Crippen LogP contribution < -0.4 is 0 Å². The zero-order valence-corrected chi connectivity index (χ0v) is 7.66. The second kappa shape index (κ2) is 3.40. The molecular weight excluding hydrogens is 183 g/mol. The normalized spacial score (nSPS) is 20.2. The van der Waals surface area contributed by atoms with Crippen molar-refractivity contribution in [2.45, 2.75) is 25.2 Å². The first-order valence-electron chi connectivity index (χ1n) is 4.69. The molecule has 0 amide bonds. The second-order valence-corrected chi connectivity index (χ2v) is 3.64. The zero-order valence-electron chi connectivity index (χ0n) is 7.66. The molecule has 14 heavy (non-hydrogen) atoms. The molecule has 74 valence electrons. The van der Waals surface area contributed by atoms with Gasteiger partial charge in [0.1, 0.15) is 17.9 Å². The number of hydrogen-bond acceptors (Lipinski definition) is 2. The summed E-state index contributed by atoms with van der Waals surface area (Å²) in [5.74, 6) is -0.857. The van der Waals surface area contributed by atoms with E-state index in [1.165, 1.54) is 0 Å². The first-order valence-corrected chi connectivity index (χ1v) is 4.69. The summed E-state index contributed by atoms with van der Waals surface area (Å²) >= 11 is 0. The van der Waals surface area contributed by atoms with Crippen LogP contribution in [0.3, 0.4) is 0 Å². The van der Waals surface area contributed by atoms with Crippen molar-refractivity contribution in [1.82, 2.24) is 0 Å². The Hall–Kier alpha value is -1.38. The molecule has 1 aromatic rings. The van der Waals surface area contributed by atoms with Crippen molar-refractivity contribution >= 4 is 6.29 Å². The van der Waals surface area contributed by atoms with Crippen molar-refractivity contribution in [3.05, 3.63) is 29.1 Å². The third kappa shape index (κ3) is 1.39. The number of fused-ring (bicyclic) bond motifs is 1. The Morgan fingerprint density at radius 3 is 3.00 bits per heavy atom. The summed E-state index contributed by atoms with van der Waals surface area (Å²) in [6.45, 7) is 0. The van der Waals surface area contributed by atoms with Crippen molar-refractivity contribution in [2.24, 2.45) is 0 Å². The summed E-state index contributed by atoms with van der Waals surface area (Å²) in [6.07, 6.45) is 3.11. The summed E-state index contributed by atoms with van der Waals surface area (Å²) < 4.78 is 13.5. The third-order valence-electron chi connectivity index (χ3n) is 2.70. The number of carbonyl (C=O) groups is 1. The molecule has 2 nitrogen and oxygen atoms in total. The van der Waals surface area contributed by atoms with E-state index in [1.807, 2.05) is 0 Å². The van der Waals surface area contributed by atoms with Gasteiger partial charge in [-0.05, 0) is 30.9 Å². The van der Waals surface area contributed by atoms with Crippen molar-refractivity contribution in [3.63, 3.8) is 0 Å². The average Bonchev–Trinajstić information content (AvgIpc) is 2.16. The molecule has 0 aromatic heterocycles. The zero-order chi connectivity index (χ0) is 10.1. The molecule has 0 spiro atoms. The van der Waals surface area contributed by atoms with Gasteiger partial charge in [-0.1, -0.05) is 0 Å². The number of phenols is 1. The number of carbonyl (C=O) groups excluding carboxylic acids is 1. The van der Waals surface area contributed by atoms with E-state index in [0.29, 0.717) is 12.0 Å². The molecule has 0 heterocycles. The first kappa shape index (κ1) is 9.19. The van der Waals surface area contributed by atoms with Gasteiger partial charge in [-0.3, -0.25) is 0 Å². The Kier molecular flexibility index (Phi) is 2.23. The largest absolute Gasteiger partial charge is 0.508 e. The standard InChI is InChI=1S/C11H11FO2/c12-10-5-9(14)4-7-2-1-3-8(6-13)11(7)10/h4-6,8,14H,1-3H2. The van der Waals surface area contributed by atoms with E-state index in [0.717, 1.165) is 30.8 Å². The summed E-state index contributed by atoms with van der Waals surface area (Å²) in [5.41, 5.74) is 1.25. The molecule has 2 rings (SSSR count). The molecule has 1 aliphatic carbocycles. The number of phenolic OH excluding ortho intramolecular Hbond substituents is 1. The number of benzene rings is 1. The van der Waals surface area contributed by atoms with Gasteiger partial charge in [0.2, 0.25) is 0 Å². The van der Waals surface area contributed by atoms with Gasteiger partial charge in [-0.15, -0.1) is 0 Å². The van der Waals surface area contributed by atoms with Crippen molar-refractivity contribution < 1.29 is 14.3 Å². The Morgan fingerprint density at radius 2 is 2.29 bits per heavy atom. The fourth-order valence-electron chi connectivity index (χ4n) is 2.07.